The molecule has 1 heterocycles. The summed E-state index contributed by atoms with van der Waals surface area (Å²) in [5, 5.41) is 3.85. The highest BCUT2D eigenvalue weighted by Crippen LogP contribution is 2.48. The molecule has 1 aliphatic heterocycles. The second-order valence-electron chi connectivity index (χ2n) is 8.94. The van der Waals surface area contributed by atoms with Gasteiger partial charge in [-0.05, 0) is 62.7 Å². The fourth-order valence-corrected chi connectivity index (χ4v) is 5.25. The van der Waals surface area contributed by atoms with Crippen LogP contribution in [0.1, 0.15) is 66.2 Å². The quantitative estimate of drug-likeness (QED) is 0.826. The Hall–Kier alpha value is -0.0800. The van der Waals surface area contributed by atoms with Crippen LogP contribution in [0.2, 0.25) is 0 Å². The van der Waals surface area contributed by atoms with Crippen LogP contribution in [-0.4, -0.2) is 36.1 Å². The Morgan fingerprint density at radius 1 is 1.24 bits per heavy atom. The van der Waals surface area contributed by atoms with E-state index in [-0.39, 0.29) is 0 Å². The van der Waals surface area contributed by atoms with Crippen LogP contribution in [-0.2, 0) is 0 Å². The molecule has 3 rings (SSSR count). The molecule has 2 heteroatoms. The Balaban J connectivity index is 1.64. The molecule has 1 N–H and O–H groups in total. The van der Waals surface area contributed by atoms with E-state index in [4.69, 9.17) is 0 Å². The van der Waals surface area contributed by atoms with Gasteiger partial charge in [0.25, 0.3) is 0 Å². The van der Waals surface area contributed by atoms with Crippen molar-refractivity contribution in [3.05, 3.63) is 0 Å². The van der Waals surface area contributed by atoms with E-state index in [1.807, 2.05) is 0 Å². The lowest BCUT2D eigenvalue weighted by atomic mass is 9.85. The first-order valence-electron chi connectivity index (χ1n) is 9.48. The number of hydrogen-bond acceptors (Lipinski definition) is 2. The third-order valence-electron chi connectivity index (χ3n) is 6.71. The minimum Gasteiger partial charge on any atom is -0.309 e. The lowest BCUT2D eigenvalue weighted by molar-refractivity contribution is 0.0502. The highest BCUT2D eigenvalue weighted by Gasteiger charge is 2.42. The van der Waals surface area contributed by atoms with Crippen LogP contribution in [0.4, 0.5) is 0 Å². The van der Waals surface area contributed by atoms with Crippen LogP contribution < -0.4 is 5.32 Å². The maximum absolute atomic E-state index is 3.85. The van der Waals surface area contributed by atoms with E-state index in [0.29, 0.717) is 5.54 Å². The normalized spacial score (nSPS) is 43.9. The monoisotopic (exact) mass is 292 g/mol. The van der Waals surface area contributed by atoms with Crippen molar-refractivity contribution in [3.63, 3.8) is 0 Å². The topological polar surface area (TPSA) is 15.3 Å². The summed E-state index contributed by atoms with van der Waals surface area (Å²) in [6.07, 6.45) is 8.75. The van der Waals surface area contributed by atoms with E-state index < -0.39 is 0 Å². The van der Waals surface area contributed by atoms with Crippen molar-refractivity contribution in [1.29, 1.82) is 0 Å². The molecule has 5 unspecified atom stereocenters. The first-order valence-corrected chi connectivity index (χ1v) is 9.48. The molecule has 21 heavy (non-hydrogen) atoms. The Morgan fingerprint density at radius 2 is 2.05 bits per heavy atom. The number of rotatable bonds is 5. The smallest absolute Gasteiger partial charge is 0.0278 e. The molecule has 2 bridgehead atoms. The van der Waals surface area contributed by atoms with Crippen LogP contribution in [0.3, 0.4) is 0 Å². The molecule has 2 nitrogen and oxygen atoms in total. The predicted molar refractivity (Wildman–Crippen MR) is 90.5 cm³/mol. The van der Waals surface area contributed by atoms with Crippen LogP contribution in [0.25, 0.3) is 0 Å². The molecule has 3 fully saturated rings. The fraction of sp³-hybridized carbons (Fsp3) is 1.00. The van der Waals surface area contributed by atoms with Gasteiger partial charge < -0.3 is 5.32 Å². The van der Waals surface area contributed by atoms with Gasteiger partial charge in [0.2, 0.25) is 0 Å². The molecule has 0 aromatic rings. The summed E-state index contributed by atoms with van der Waals surface area (Å²) in [5.74, 6) is 3.98. The summed E-state index contributed by atoms with van der Waals surface area (Å²) in [5.41, 5.74) is 0.338. The molecular formula is C19H36N2. The van der Waals surface area contributed by atoms with E-state index in [1.54, 1.807) is 6.42 Å². The summed E-state index contributed by atoms with van der Waals surface area (Å²) >= 11 is 0. The molecular weight excluding hydrogens is 256 g/mol. The summed E-state index contributed by atoms with van der Waals surface area (Å²) in [6.45, 7) is 13.4. The molecule has 3 aliphatic rings. The molecule has 2 aliphatic carbocycles. The van der Waals surface area contributed by atoms with Gasteiger partial charge in [-0.3, -0.25) is 4.90 Å². The van der Waals surface area contributed by atoms with Gasteiger partial charge in [0.1, 0.15) is 0 Å². The van der Waals surface area contributed by atoms with E-state index in [0.717, 1.165) is 29.7 Å². The average molecular weight is 293 g/mol. The number of nitrogens with zero attached hydrogens (tertiary/aromatic N) is 1. The lowest BCUT2D eigenvalue weighted by Crippen LogP contribution is -2.63. The third kappa shape index (κ3) is 3.47. The first kappa shape index (κ1) is 15.8. The van der Waals surface area contributed by atoms with Crippen molar-refractivity contribution in [2.24, 2.45) is 23.7 Å². The zero-order valence-corrected chi connectivity index (χ0v) is 14.7. The summed E-state index contributed by atoms with van der Waals surface area (Å²) in [6, 6.07) is 0.767. The largest absolute Gasteiger partial charge is 0.309 e. The molecule has 1 saturated heterocycles. The van der Waals surface area contributed by atoms with Gasteiger partial charge in [-0.15, -0.1) is 0 Å². The second-order valence-corrected chi connectivity index (χ2v) is 8.94. The van der Waals surface area contributed by atoms with E-state index in [1.165, 1.54) is 51.7 Å². The summed E-state index contributed by atoms with van der Waals surface area (Å²) < 4.78 is 0. The van der Waals surface area contributed by atoms with Crippen LogP contribution in [0, 0.1) is 23.7 Å². The fourth-order valence-electron chi connectivity index (χ4n) is 5.25. The molecule has 0 aromatic carbocycles. The molecule has 0 amide bonds. The van der Waals surface area contributed by atoms with Gasteiger partial charge >= 0.3 is 0 Å². The Kier molecular flexibility index (Phi) is 4.66. The second kappa shape index (κ2) is 6.20. The van der Waals surface area contributed by atoms with E-state index >= 15 is 0 Å². The number of piperazine rings is 1. The van der Waals surface area contributed by atoms with Crippen LogP contribution >= 0.6 is 0 Å². The molecule has 122 valence electrons. The highest BCUT2D eigenvalue weighted by molar-refractivity contribution is 4.98. The van der Waals surface area contributed by atoms with Gasteiger partial charge in [-0.1, -0.05) is 27.2 Å². The Labute approximate surface area is 132 Å². The minimum atomic E-state index is 0.338. The number of nitrogens with one attached hydrogen (secondary N) is 1. The average Bonchev–Trinajstić information content (AvgIpc) is 3.04. The standard InChI is InChI=1S/C19H36N2/c1-5-19(4)13-21(18(11-20-19)8-14(2)3)12-17-10-15-6-7-16(17)9-15/h14-18,20H,5-13H2,1-4H3. The van der Waals surface area contributed by atoms with Crippen molar-refractivity contribution in [1.82, 2.24) is 10.2 Å². The van der Waals surface area contributed by atoms with Gasteiger partial charge in [0, 0.05) is 31.2 Å². The Morgan fingerprint density at radius 3 is 2.62 bits per heavy atom. The molecule has 0 aromatic heterocycles. The van der Waals surface area contributed by atoms with Gasteiger partial charge in [-0.25, -0.2) is 0 Å². The van der Waals surface area contributed by atoms with Crippen molar-refractivity contribution >= 4 is 0 Å². The third-order valence-corrected chi connectivity index (χ3v) is 6.71. The minimum absolute atomic E-state index is 0.338. The van der Waals surface area contributed by atoms with Crippen molar-refractivity contribution < 1.29 is 0 Å². The van der Waals surface area contributed by atoms with Crippen molar-refractivity contribution in [3.8, 4) is 0 Å². The van der Waals surface area contributed by atoms with Gasteiger partial charge in [-0.2, -0.15) is 0 Å². The van der Waals surface area contributed by atoms with Gasteiger partial charge in [0.15, 0.2) is 0 Å². The molecule has 0 radical (unpaired) electrons. The SMILES string of the molecule is CCC1(C)CN(CC2CC3CCC2C3)C(CC(C)C)CN1. The molecule has 5 atom stereocenters. The molecule has 0 spiro atoms. The highest BCUT2D eigenvalue weighted by atomic mass is 15.3. The maximum Gasteiger partial charge on any atom is 0.0278 e. The Bertz CT molecular complexity index is 353. The van der Waals surface area contributed by atoms with Crippen molar-refractivity contribution in [2.45, 2.75) is 77.8 Å². The lowest BCUT2D eigenvalue weighted by Gasteiger charge is -2.48. The predicted octanol–water partition coefficient (Wildman–Crippen LogP) is 3.91. The maximum atomic E-state index is 3.85. The first-order chi connectivity index (χ1) is 9.99. The van der Waals surface area contributed by atoms with Crippen molar-refractivity contribution in [2.75, 3.05) is 19.6 Å². The van der Waals surface area contributed by atoms with E-state index in [2.05, 4.69) is 37.9 Å². The zero-order chi connectivity index (χ0) is 15.0. The van der Waals surface area contributed by atoms with E-state index in [9.17, 15) is 0 Å². The number of hydrogen-bond donors (Lipinski definition) is 1. The van der Waals surface area contributed by atoms with Crippen LogP contribution in [0.15, 0.2) is 0 Å². The van der Waals surface area contributed by atoms with Gasteiger partial charge in [0.05, 0.1) is 0 Å². The number of fused-ring (bicyclic) bond motifs is 2. The van der Waals surface area contributed by atoms with Crippen LogP contribution in [0.5, 0.6) is 0 Å². The molecule has 2 saturated carbocycles. The summed E-state index contributed by atoms with van der Waals surface area (Å²) in [7, 11) is 0. The zero-order valence-electron chi connectivity index (χ0n) is 14.7. The summed E-state index contributed by atoms with van der Waals surface area (Å²) in [4.78, 5) is 2.88.